The van der Waals surface area contributed by atoms with Crippen molar-refractivity contribution < 1.29 is 4.79 Å². The maximum absolute atomic E-state index is 12.1. The fourth-order valence-electron chi connectivity index (χ4n) is 2.26. The van der Waals surface area contributed by atoms with Crippen molar-refractivity contribution in [3.63, 3.8) is 0 Å². The molecule has 8 heteroatoms. The van der Waals surface area contributed by atoms with Crippen LogP contribution in [0.1, 0.15) is 12.6 Å². The summed E-state index contributed by atoms with van der Waals surface area (Å²) in [5, 5.41) is 12.7. The quantitative estimate of drug-likeness (QED) is 0.746. The van der Waals surface area contributed by atoms with Gasteiger partial charge in [-0.2, -0.15) is 5.10 Å². The van der Waals surface area contributed by atoms with Crippen molar-refractivity contribution in [2.24, 2.45) is 0 Å². The lowest BCUT2D eigenvalue weighted by Crippen LogP contribution is -2.38. The molecule has 0 fully saturated rings. The van der Waals surface area contributed by atoms with Gasteiger partial charge in [0.15, 0.2) is 0 Å². The number of nitrogens with one attached hydrogen (secondary N) is 2. The SMILES string of the molecule is Cc1csc(-c2cccc(NC(=O)NC(C)Cn3cncn3)c2)n1. The molecule has 0 aliphatic carbocycles. The van der Waals surface area contributed by atoms with E-state index in [-0.39, 0.29) is 12.1 Å². The van der Waals surface area contributed by atoms with Crippen LogP contribution in [-0.4, -0.2) is 31.8 Å². The molecule has 0 saturated heterocycles. The van der Waals surface area contributed by atoms with Gasteiger partial charge in [0.2, 0.25) is 0 Å². The third-order valence-corrected chi connectivity index (χ3v) is 4.30. The van der Waals surface area contributed by atoms with Crippen LogP contribution in [0.25, 0.3) is 10.6 Å². The van der Waals surface area contributed by atoms with Gasteiger partial charge in [-0.05, 0) is 26.0 Å². The van der Waals surface area contributed by atoms with Crippen molar-refractivity contribution >= 4 is 23.1 Å². The number of aryl methyl sites for hydroxylation is 1. The van der Waals surface area contributed by atoms with Crippen LogP contribution in [0.2, 0.25) is 0 Å². The van der Waals surface area contributed by atoms with Crippen molar-refractivity contribution in [1.82, 2.24) is 25.1 Å². The topological polar surface area (TPSA) is 84.7 Å². The van der Waals surface area contributed by atoms with Gasteiger partial charge >= 0.3 is 6.03 Å². The van der Waals surface area contributed by atoms with Crippen LogP contribution in [-0.2, 0) is 6.54 Å². The Kier molecular flexibility index (Phi) is 4.85. The lowest BCUT2D eigenvalue weighted by Gasteiger charge is -2.14. The average molecular weight is 342 g/mol. The van der Waals surface area contributed by atoms with Gasteiger partial charge in [0, 0.05) is 28.4 Å². The van der Waals surface area contributed by atoms with E-state index in [0.29, 0.717) is 6.54 Å². The van der Waals surface area contributed by atoms with E-state index in [4.69, 9.17) is 0 Å². The molecule has 0 radical (unpaired) electrons. The smallest absolute Gasteiger partial charge is 0.319 e. The van der Waals surface area contributed by atoms with E-state index in [1.165, 1.54) is 6.33 Å². The zero-order valence-electron chi connectivity index (χ0n) is 13.4. The van der Waals surface area contributed by atoms with Gasteiger partial charge in [-0.3, -0.25) is 4.68 Å². The highest BCUT2D eigenvalue weighted by molar-refractivity contribution is 7.13. The molecule has 3 rings (SSSR count). The van der Waals surface area contributed by atoms with Crippen LogP contribution >= 0.6 is 11.3 Å². The minimum Gasteiger partial charge on any atom is -0.334 e. The number of nitrogens with zero attached hydrogens (tertiary/aromatic N) is 4. The van der Waals surface area contributed by atoms with Crippen LogP contribution in [0.15, 0.2) is 42.3 Å². The number of hydrogen-bond acceptors (Lipinski definition) is 5. The van der Waals surface area contributed by atoms with E-state index in [0.717, 1.165) is 22.0 Å². The summed E-state index contributed by atoms with van der Waals surface area (Å²) in [6.07, 6.45) is 3.09. The zero-order chi connectivity index (χ0) is 16.9. The maximum atomic E-state index is 12.1. The van der Waals surface area contributed by atoms with Crippen molar-refractivity contribution in [3.05, 3.63) is 48.0 Å². The number of carbonyl (C=O) groups excluding carboxylic acids is 1. The lowest BCUT2D eigenvalue weighted by molar-refractivity contribution is 0.247. The molecule has 0 bridgehead atoms. The molecule has 1 aromatic carbocycles. The number of aromatic nitrogens is 4. The summed E-state index contributed by atoms with van der Waals surface area (Å²) in [4.78, 5) is 20.5. The Labute approximate surface area is 143 Å². The predicted molar refractivity (Wildman–Crippen MR) is 93.9 cm³/mol. The minimum absolute atomic E-state index is 0.0727. The second-order valence-electron chi connectivity index (χ2n) is 5.49. The molecule has 2 amide bonds. The highest BCUT2D eigenvalue weighted by Gasteiger charge is 2.09. The fraction of sp³-hybridized carbons (Fsp3) is 0.250. The van der Waals surface area contributed by atoms with Gasteiger partial charge < -0.3 is 10.6 Å². The second kappa shape index (κ2) is 7.22. The largest absolute Gasteiger partial charge is 0.334 e. The summed E-state index contributed by atoms with van der Waals surface area (Å²) in [5.41, 5.74) is 2.71. The van der Waals surface area contributed by atoms with E-state index >= 15 is 0 Å². The van der Waals surface area contributed by atoms with E-state index in [9.17, 15) is 4.79 Å². The average Bonchev–Trinajstić information content (AvgIpc) is 3.19. The monoisotopic (exact) mass is 342 g/mol. The third kappa shape index (κ3) is 4.17. The van der Waals surface area contributed by atoms with Crippen LogP contribution in [0.3, 0.4) is 0 Å². The van der Waals surface area contributed by atoms with Crippen molar-refractivity contribution in [3.8, 4) is 10.6 Å². The van der Waals surface area contributed by atoms with Crippen LogP contribution in [0.5, 0.6) is 0 Å². The van der Waals surface area contributed by atoms with Crippen molar-refractivity contribution in [1.29, 1.82) is 0 Å². The molecule has 7 nitrogen and oxygen atoms in total. The first-order valence-electron chi connectivity index (χ1n) is 7.52. The molecule has 1 atom stereocenters. The fourth-order valence-corrected chi connectivity index (χ4v) is 3.06. The molecular formula is C16H18N6OS. The van der Waals surface area contributed by atoms with Crippen LogP contribution in [0.4, 0.5) is 10.5 Å². The summed E-state index contributed by atoms with van der Waals surface area (Å²) in [6, 6.07) is 7.33. The minimum atomic E-state index is -0.255. The molecule has 0 aliphatic rings. The summed E-state index contributed by atoms with van der Waals surface area (Å²) in [5.74, 6) is 0. The Morgan fingerprint density at radius 3 is 3.00 bits per heavy atom. The Bertz CT molecular complexity index is 814. The highest BCUT2D eigenvalue weighted by Crippen LogP contribution is 2.25. The first kappa shape index (κ1) is 16.1. The highest BCUT2D eigenvalue weighted by atomic mass is 32.1. The van der Waals surface area contributed by atoms with Crippen LogP contribution in [0, 0.1) is 6.92 Å². The first-order chi connectivity index (χ1) is 11.6. The lowest BCUT2D eigenvalue weighted by atomic mass is 10.2. The normalized spacial score (nSPS) is 11.9. The van der Waals surface area contributed by atoms with Gasteiger partial charge in [-0.1, -0.05) is 12.1 Å². The van der Waals surface area contributed by atoms with Gasteiger partial charge in [0.05, 0.1) is 6.54 Å². The number of amides is 2. The summed E-state index contributed by atoms with van der Waals surface area (Å²) >= 11 is 1.59. The molecule has 0 saturated carbocycles. The Hall–Kier alpha value is -2.74. The Balaban J connectivity index is 1.60. The van der Waals surface area contributed by atoms with E-state index in [1.54, 1.807) is 22.3 Å². The number of benzene rings is 1. The number of thiazole rings is 1. The standard InChI is InChI=1S/C16H18N6OS/c1-11(7-22-10-17-9-18-22)20-16(23)21-14-5-3-4-13(6-14)15-19-12(2)8-24-15/h3-6,8-11H,7H2,1-2H3,(H2,20,21,23). The molecular weight excluding hydrogens is 324 g/mol. The molecule has 124 valence electrons. The molecule has 2 heterocycles. The van der Waals surface area contributed by atoms with Crippen molar-refractivity contribution in [2.75, 3.05) is 5.32 Å². The summed E-state index contributed by atoms with van der Waals surface area (Å²) < 4.78 is 1.68. The van der Waals surface area contributed by atoms with Gasteiger partial charge in [0.25, 0.3) is 0 Å². The molecule has 2 N–H and O–H groups in total. The first-order valence-corrected chi connectivity index (χ1v) is 8.40. The molecule has 1 unspecified atom stereocenters. The maximum Gasteiger partial charge on any atom is 0.319 e. The number of carbonyl (C=O) groups is 1. The zero-order valence-corrected chi connectivity index (χ0v) is 14.2. The van der Waals surface area contributed by atoms with E-state index in [1.807, 2.05) is 43.5 Å². The third-order valence-electron chi connectivity index (χ3n) is 3.29. The molecule has 24 heavy (non-hydrogen) atoms. The Morgan fingerprint density at radius 2 is 2.29 bits per heavy atom. The summed E-state index contributed by atoms with van der Waals surface area (Å²) in [7, 11) is 0. The Morgan fingerprint density at radius 1 is 1.42 bits per heavy atom. The number of rotatable bonds is 5. The number of urea groups is 1. The van der Waals surface area contributed by atoms with Crippen molar-refractivity contribution in [2.45, 2.75) is 26.4 Å². The number of anilines is 1. The molecule has 2 aromatic heterocycles. The molecule has 0 spiro atoms. The van der Waals surface area contributed by atoms with Gasteiger partial charge in [-0.15, -0.1) is 11.3 Å². The van der Waals surface area contributed by atoms with Gasteiger partial charge in [0.1, 0.15) is 17.7 Å². The second-order valence-corrected chi connectivity index (χ2v) is 6.35. The van der Waals surface area contributed by atoms with E-state index in [2.05, 4.69) is 25.7 Å². The van der Waals surface area contributed by atoms with Crippen LogP contribution < -0.4 is 10.6 Å². The number of hydrogen-bond donors (Lipinski definition) is 2. The molecule has 0 aliphatic heterocycles. The summed E-state index contributed by atoms with van der Waals surface area (Å²) in [6.45, 7) is 4.44. The predicted octanol–water partition coefficient (Wildman–Crippen LogP) is 2.92. The van der Waals surface area contributed by atoms with Gasteiger partial charge in [-0.25, -0.2) is 14.8 Å². The van der Waals surface area contributed by atoms with E-state index < -0.39 is 0 Å². The molecule has 3 aromatic rings.